The molecule has 2 N–H and O–H groups in total. The highest BCUT2D eigenvalue weighted by Crippen LogP contribution is 2.38. The molecule has 0 radical (unpaired) electrons. The highest BCUT2D eigenvalue weighted by molar-refractivity contribution is 7.89. The van der Waals surface area contributed by atoms with E-state index in [9.17, 15) is 13.5 Å². The first-order chi connectivity index (χ1) is 12.1. The van der Waals surface area contributed by atoms with E-state index in [1.165, 1.54) is 17.7 Å². The number of phenols is 1. The molecule has 1 aliphatic carbocycles. The smallest absolute Gasteiger partial charge is 0.265 e. The maximum absolute atomic E-state index is 12.8. The Bertz CT molecular complexity index is 890. The van der Waals surface area contributed by atoms with E-state index in [0.717, 1.165) is 25.9 Å². The van der Waals surface area contributed by atoms with Crippen LogP contribution in [0.5, 0.6) is 5.75 Å². The molecule has 1 saturated heterocycles. The number of nitrogens with zero attached hydrogens (tertiary/aromatic N) is 1. The molecule has 142 valence electrons. The van der Waals surface area contributed by atoms with Gasteiger partial charge in [-0.05, 0) is 58.0 Å². The lowest BCUT2D eigenvalue weighted by Gasteiger charge is -2.42. The Morgan fingerprint density at radius 3 is 2.50 bits per heavy atom. The van der Waals surface area contributed by atoms with Gasteiger partial charge in [-0.2, -0.15) is 0 Å². The molecule has 1 unspecified atom stereocenters. The Kier molecular flexibility index (Phi) is 5.32. The number of halogens is 2. The van der Waals surface area contributed by atoms with Gasteiger partial charge in [0.2, 0.25) is 0 Å². The molecule has 0 saturated carbocycles. The predicted molar refractivity (Wildman–Crippen MR) is 104 cm³/mol. The van der Waals surface area contributed by atoms with E-state index < -0.39 is 15.8 Å². The summed E-state index contributed by atoms with van der Waals surface area (Å²) in [4.78, 5) is 2.07. The molecule has 1 aliphatic heterocycles. The summed E-state index contributed by atoms with van der Waals surface area (Å²) < 4.78 is 28.1. The number of phenolic OH excluding ortho intramolecular Hbond substituents is 1. The third-order valence-electron chi connectivity index (χ3n) is 5.27. The number of sulfonamides is 1. The lowest BCUT2D eigenvalue weighted by atomic mass is 9.83. The van der Waals surface area contributed by atoms with Crippen molar-refractivity contribution in [1.29, 1.82) is 0 Å². The topological polar surface area (TPSA) is 69.6 Å². The fourth-order valence-electron chi connectivity index (χ4n) is 3.59. The zero-order chi connectivity index (χ0) is 19.1. The van der Waals surface area contributed by atoms with Gasteiger partial charge in [-0.3, -0.25) is 9.62 Å². The lowest BCUT2D eigenvalue weighted by molar-refractivity contribution is 0.168. The lowest BCUT2D eigenvalue weighted by Crippen LogP contribution is -2.48. The van der Waals surface area contributed by atoms with Gasteiger partial charge in [-0.1, -0.05) is 34.9 Å². The Hall–Kier alpha value is -1.21. The highest BCUT2D eigenvalue weighted by atomic mass is 35.5. The number of hydrogen-bond acceptors (Lipinski definition) is 4. The van der Waals surface area contributed by atoms with Crippen LogP contribution in [-0.2, 0) is 10.0 Å². The number of rotatable bonds is 4. The van der Waals surface area contributed by atoms with Crippen LogP contribution in [0.1, 0.15) is 33.1 Å². The molecule has 5 nitrogen and oxygen atoms in total. The van der Waals surface area contributed by atoms with Crippen LogP contribution in [0.15, 0.2) is 40.5 Å². The first kappa shape index (κ1) is 19.5. The summed E-state index contributed by atoms with van der Waals surface area (Å²) in [6, 6.07) is 2.49. The number of likely N-dealkylation sites (tertiary alicyclic amines) is 1. The molecule has 1 fully saturated rings. The second-order valence-electron chi connectivity index (χ2n) is 7.03. The maximum Gasteiger partial charge on any atom is 0.265 e. The second-order valence-corrected chi connectivity index (χ2v) is 9.52. The van der Waals surface area contributed by atoms with Gasteiger partial charge in [-0.25, -0.2) is 8.42 Å². The molecule has 2 aliphatic rings. The van der Waals surface area contributed by atoms with E-state index in [0.29, 0.717) is 12.1 Å². The van der Waals surface area contributed by atoms with Crippen LogP contribution in [0.25, 0.3) is 0 Å². The van der Waals surface area contributed by atoms with Crippen LogP contribution in [-0.4, -0.2) is 37.1 Å². The van der Waals surface area contributed by atoms with Gasteiger partial charge < -0.3 is 5.11 Å². The number of benzene rings is 1. The van der Waals surface area contributed by atoms with Crippen LogP contribution >= 0.6 is 23.2 Å². The van der Waals surface area contributed by atoms with Crippen molar-refractivity contribution in [3.05, 3.63) is 45.6 Å². The normalized spacial score (nSPS) is 24.3. The van der Waals surface area contributed by atoms with E-state index in [1.54, 1.807) is 6.08 Å². The maximum atomic E-state index is 12.8. The van der Waals surface area contributed by atoms with Gasteiger partial charge in [-0.15, -0.1) is 0 Å². The Labute approximate surface area is 164 Å². The van der Waals surface area contributed by atoms with Gasteiger partial charge in [0.05, 0.1) is 5.02 Å². The van der Waals surface area contributed by atoms with Gasteiger partial charge in [0.25, 0.3) is 10.0 Å². The average Bonchev–Trinajstić information content (AvgIpc) is 3.09. The van der Waals surface area contributed by atoms with Crippen molar-refractivity contribution < 1.29 is 13.5 Å². The molecule has 8 heteroatoms. The Morgan fingerprint density at radius 1 is 1.19 bits per heavy atom. The van der Waals surface area contributed by atoms with Crippen LogP contribution in [0.4, 0.5) is 0 Å². The molecule has 0 amide bonds. The van der Waals surface area contributed by atoms with Crippen LogP contribution < -0.4 is 4.72 Å². The van der Waals surface area contributed by atoms with Gasteiger partial charge >= 0.3 is 0 Å². The van der Waals surface area contributed by atoms with Gasteiger partial charge in [0.1, 0.15) is 4.90 Å². The summed E-state index contributed by atoms with van der Waals surface area (Å²) in [7, 11) is -4.01. The minimum absolute atomic E-state index is 0.104. The molecular weight excluding hydrogens is 395 g/mol. The second kappa shape index (κ2) is 7.08. The van der Waals surface area contributed by atoms with E-state index >= 15 is 0 Å². The van der Waals surface area contributed by atoms with Gasteiger partial charge in [0, 0.05) is 22.7 Å². The van der Waals surface area contributed by atoms with Crippen molar-refractivity contribution >= 4 is 33.2 Å². The largest absolute Gasteiger partial charge is 0.505 e. The molecule has 3 rings (SSSR count). The summed E-state index contributed by atoms with van der Waals surface area (Å²) in [5, 5.41) is 10.1. The van der Waals surface area contributed by atoms with E-state index in [-0.39, 0.29) is 20.5 Å². The number of nitrogens with one attached hydrogen (secondary N) is 1. The summed E-state index contributed by atoms with van der Waals surface area (Å²) >= 11 is 11.8. The number of aromatic hydroxyl groups is 1. The molecule has 1 atom stereocenters. The standard InChI is InChI=1S/C18H22Cl2N2O3S/c1-12-5-6-14(11-18(12,2)22-7-3-4-8-22)21-26(24,25)16-10-13(19)9-15(20)17(16)23/h5-6,9-10,21,23H,3-4,7-8,11H2,1-2H3. The fraction of sp³-hybridized carbons (Fsp3) is 0.444. The SMILES string of the molecule is CC1=CC=C(NS(=O)(=O)c2cc(Cl)cc(Cl)c2O)CC1(C)N1CCCC1. The fourth-order valence-corrected chi connectivity index (χ4v) is 5.45. The van der Waals surface area contributed by atoms with Crippen molar-refractivity contribution in [2.45, 2.75) is 43.5 Å². The van der Waals surface area contributed by atoms with Crippen LogP contribution in [0, 0.1) is 0 Å². The minimum atomic E-state index is -4.01. The molecular formula is C18H22Cl2N2O3S. The Morgan fingerprint density at radius 2 is 1.85 bits per heavy atom. The van der Waals surface area contributed by atoms with Crippen LogP contribution in [0.3, 0.4) is 0 Å². The van der Waals surface area contributed by atoms with Gasteiger partial charge in [0.15, 0.2) is 5.75 Å². The summed E-state index contributed by atoms with van der Waals surface area (Å²) in [6.45, 7) is 6.22. The van der Waals surface area contributed by atoms with E-state index in [1.807, 2.05) is 6.08 Å². The molecule has 0 aromatic heterocycles. The number of hydrogen-bond donors (Lipinski definition) is 2. The molecule has 26 heavy (non-hydrogen) atoms. The third-order valence-corrected chi connectivity index (χ3v) is 7.20. The molecule has 0 bridgehead atoms. The van der Waals surface area contributed by atoms with Crippen LogP contribution in [0.2, 0.25) is 10.0 Å². The predicted octanol–water partition coefficient (Wildman–Crippen LogP) is 4.07. The highest BCUT2D eigenvalue weighted by Gasteiger charge is 2.38. The first-order valence-corrected chi connectivity index (χ1v) is 10.7. The third kappa shape index (κ3) is 3.60. The van der Waals surface area contributed by atoms with Crippen molar-refractivity contribution in [2.24, 2.45) is 0 Å². The molecule has 1 aromatic rings. The molecule has 1 aromatic carbocycles. The van der Waals surface area contributed by atoms with Crippen molar-refractivity contribution in [3.8, 4) is 5.75 Å². The summed E-state index contributed by atoms with van der Waals surface area (Å²) in [5.41, 5.74) is 1.55. The molecule has 1 heterocycles. The van der Waals surface area contributed by atoms with Crippen molar-refractivity contribution in [2.75, 3.05) is 13.1 Å². The monoisotopic (exact) mass is 416 g/mol. The zero-order valence-electron chi connectivity index (χ0n) is 14.7. The average molecular weight is 417 g/mol. The Balaban J connectivity index is 1.89. The summed E-state index contributed by atoms with van der Waals surface area (Å²) in [5.74, 6) is -0.506. The first-order valence-electron chi connectivity index (χ1n) is 8.47. The zero-order valence-corrected chi connectivity index (χ0v) is 17.0. The van der Waals surface area contributed by atoms with E-state index in [2.05, 4.69) is 23.5 Å². The number of allylic oxidation sites excluding steroid dienone is 2. The summed E-state index contributed by atoms with van der Waals surface area (Å²) in [6.07, 6.45) is 6.58. The quantitative estimate of drug-likeness (QED) is 0.775. The van der Waals surface area contributed by atoms with E-state index in [4.69, 9.17) is 23.2 Å². The van der Waals surface area contributed by atoms with Crippen molar-refractivity contribution in [3.63, 3.8) is 0 Å². The minimum Gasteiger partial charge on any atom is -0.505 e. The molecule has 0 spiro atoms. The van der Waals surface area contributed by atoms with Crippen molar-refractivity contribution in [1.82, 2.24) is 9.62 Å².